The number of nitrogens with zero attached hydrogens (tertiary/aromatic N) is 2. The normalized spacial score (nSPS) is 17.9. The first-order chi connectivity index (χ1) is 11.7. The molecule has 0 aromatic heterocycles. The van der Waals surface area contributed by atoms with Crippen molar-refractivity contribution in [3.05, 3.63) is 29.3 Å². The van der Waals surface area contributed by atoms with Crippen LogP contribution < -0.4 is 15.4 Å². The molecule has 0 spiro atoms. The number of rotatable bonds is 7. The summed E-state index contributed by atoms with van der Waals surface area (Å²) in [6, 6.07) is 6.87. The molecule has 1 aromatic carbocycles. The summed E-state index contributed by atoms with van der Waals surface area (Å²) in [4.78, 5) is 7.28. The molecule has 0 aliphatic carbocycles. The van der Waals surface area contributed by atoms with Crippen molar-refractivity contribution in [2.45, 2.75) is 46.2 Å². The van der Waals surface area contributed by atoms with Crippen LogP contribution in [-0.2, 0) is 6.54 Å². The van der Waals surface area contributed by atoms with Gasteiger partial charge in [-0.25, -0.2) is 4.99 Å². The highest BCUT2D eigenvalue weighted by Gasteiger charge is 2.22. The Morgan fingerprint density at radius 3 is 2.76 bits per heavy atom. The number of likely N-dealkylation sites (N-methyl/N-ethyl adjacent to an activating group) is 1. The molecule has 1 aliphatic heterocycles. The Kier molecular flexibility index (Phi) is 10.2. The Labute approximate surface area is 169 Å². The molecule has 2 rings (SSSR count). The zero-order valence-electron chi connectivity index (χ0n) is 16.0. The maximum atomic E-state index is 5.34. The fourth-order valence-electron chi connectivity index (χ4n) is 3.30. The molecule has 1 unspecified atom stereocenters. The topological polar surface area (TPSA) is 48.9 Å². The quantitative estimate of drug-likeness (QED) is 0.373. The summed E-state index contributed by atoms with van der Waals surface area (Å²) >= 11 is 0. The predicted molar refractivity (Wildman–Crippen MR) is 116 cm³/mol. The molecule has 25 heavy (non-hydrogen) atoms. The van der Waals surface area contributed by atoms with Gasteiger partial charge in [0, 0.05) is 19.1 Å². The van der Waals surface area contributed by atoms with Crippen LogP contribution in [0, 0.1) is 6.92 Å². The molecule has 0 amide bonds. The van der Waals surface area contributed by atoms with Crippen LogP contribution in [0.5, 0.6) is 5.75 Å². The van der Waals surface area contributed by atoms with E-state index in [4.69, 9.17) is 9.73 Å². The van der Waals surface area contributed by atoms with Crippen LogP contribution in [0.2, 0.25) is 0 Å². The number of aliphatic imine (C=N–C) groups is 1. The number of benzene rings is 1. The average Bonchev–Trinajstić information content (AvgIpc) is 3.04. The van der Waals surface area contributed by atoms with Crippen molar-refractivity contribution in [3.63, 3.8) is 0 Å². The van der Waals surface area contributed by atoms with Gasteiger partial charge in [0.1, 0.15) is 5.75 Å². The van der Waals surface area contributed by atoms with Gasteiger partial charge < -0.3 is 15.4 Å². The van der Waals surface area contributed by atoms with E-state index in [1.807, 2.05) is 6.07 Å². The summed E-state index contributed by atoms with van der Waals surface area (Å²) in [6.07, 6.45) is 2.58. The number of ether oxygens (including phenoxy) is 1. The first kappa shape index (κ1) is 22.0. The molecular weight excluding hydrogens is 427 g/mol. The van der Waals surface area contributed by atoms with E-state index >= 15 is 0 Å². The highest BCUT2D eigenvalue weighted by molar-refractivity contribution is 14.0. The van der Waals surface area contributed by atoms with Crippen LogP contribution in [0.25, 0.3) is 0 Å². The van der Waals surface area contributed by atoms with Crippen molar-refractivity contribution in [1.29, 1.82) is 0 Å². The number of hydrogen-bond acceptors (Lipinski definition) is 3. The van der Waals surface area contributed by atoms with Crippen LogP contribution >= 0.6 is 24.0 Å². The molecule has 1 aliphatic rings. The molecule has 6 heteroatoms. The summed E-state index contributed by atoms with van der Waals surface area (Å²) in [5.74, 6) is 1.78. The summed E-state index contributed by atoms with van der Waals surface area (Å²) in [5, 5.41) is 6.85. The number of aryl methyl sites for hydroxylation is 1. The van der Waals surface area contributed by atoms with Gasteiger partial charge >= 0.3 is 0 Å². The van der Waals surface area contributed by atoms with E-state index in [-0.39, 0.29) is 24.0 Å². The van der Waals surface area contributed by atoms with Crippen LogP contribution in [0.3, 0.4) is 0 Å². The minimum Gasteiger partial charge on any atom is -0.497 e. The van der Waals surface area contributed by atoms with Crippen molar-refractivity contribution >= 4 is 29.9 Å². The maximum absolute atomic E-state index is 5.34. The van der Waals surface area contributed by atoms with E-state index in [0.29, 0.717) is 12.6 Å². The Balaban J connectivity index is 0.00000312. The lowest BCUT2D eigenvalue weighted by molar-refractivity contribution is 0.267. The number of methoxy groups -OCH3 is 1. The van der Waals surface area contributed by atoms with E-state index < -0.39 is 0 Å². The van der Waals surface area contributed by atoms with Gasteiger partial charge in [-0.05, 0) is 63.0 Å². The molecule has 5 nitrogen and oxygen atoms in total. The SMILES string of the molecule is CCNC(=NCc1cc(C)cc(OC)c1)NCC1CCCN1CC.I. The summed E-state index contributed by atoms with van der Waals surface area (Å²) in [7, 11) is 1.70. The van der Waals surface area contributed by atoms with Gasteiger partial charge in [-0.3, -0.25) is 4.90 Å². The van der Waals surface area contributed by atoms with Crippen LogP contribution in [0.1, 0.15) is 37.8 Å². The fraction of sp³-hybridized carbons (Fsp3) is 0.632. The van der Waals surface area contributed by atoms with Gasteiger partial charge in [-0.1, -0.05) is 13.0 Å². The number of likely N-dealkylation sites (tertiary alicyclic amines) is 1. The number of hydrogen-bond donors (Lipinski definition) is 2. The van der Waals surface area contributed by atoms with Gasteiger partial charge in [0.15, 0.2) is 5.96 Å². The zero-order chi connectivity index (χ0) is 17.4. The van der Waals surface area contributed by atoms with Crippen molar-refractivity contribution in [3.8, 4) is 5.75 Å². The molecular formula is C19H33IN4O. The van der Waals surface area contributed by atoms with E-state index in [1.165, 1.54) is 30.5 Å². The van der Waals surface area contributed by atoms with Gasteiger partial charge in [-0.2, -0.15) is 0 Å². The largest absolute Gasteiger partial charge is 0.497 e. The lowest BCUT2D eigenvalue weighted by Gasteiger charge is -2.24. The lowest BCUT2D eigenvalue weighted by atomic mass is 10.1. The number of guanidine groups is 1. The standard InChI is InChI=1S/C19H32N4O.HI/c1-5-20-19(22-14-17-8-7-9-23(17)6-2)21-13-16-10-15(3)11-18(12-16)24-4;/h10-12,17H,5-9,13-14H2,1-4H3,(H2,20,21,22);1H. The Bertz CT molecular complexity index is 550. The van der Waals surface area contributed by atoms with Gasteiger partial charge in [-0.15, -0.1) is 24.0 Å². The third kappa shape index (κ3) is 7.01. The van der Waals surface area contributed by atoms with Gasteiger partial charge in [0.25, 0.3) is 0 Å². The molecule has 1 atom stereocenters. The lowest BCUT2D eigenvalue weighted by Crippen LogP contribution is -2.44. The molecule has 142 valence electrons. The maximum Gasteiger partial charge on any atom is 0.191 e. The minimum absolute atomic E-state index is 0. The first-order valence-corrected chi connectivity index (χ1v) is 9.07. The number of nitrogens with one attached hydrogen (secondary N) is 2. The second-order valence-corrected chi connectivity index (χ2v) is 6.36. The molecule has 1 saturated heterocycles. The summed E-state index contributed by atoms with van der Waals surface area (Å²) < 4.78 is 5.34. The molecule has 1 heterocycles. The van der Waals surface area contributed by atoms with Crippen LogP contribution in [-0.4, -0.2) is 50.2 Å². The van der Waals surface area contributed by atoms with Crippen molar-refractivity contribution < 1.29 is 4.74 Å². The third-order valence-corrected chi connectivity index (χ3v) is 4.52. The second kappa shape index (κ2) is 11.6. The summed E-state index contributed by atoms with van der Waals surface area (Å²) in [6.45, 7) is 11.2. The van der Waals surface area contributed by atoms with E-state index in [9.17, 15) is 0 Å². The van der Waals surface area contributed by atoms with Crippen LogP contribution in [0.4, 0.5) is 0 Å². The van der Waals surface area contributed by atoms with Crippen molar-refractivity contribution in [2.75, 3.05) is 33.3 Å². The van der Waals surface area contributed by atoms with E-state index in [2.05, 4.69) is 48.4 Å². The van der Waals surface area contributed by atoms with E-state index in [1.54, 1.807) is 7.11 Å². The average molecular weight is 460 g/mol. The third-order valence-electron chi connectivity index (χ3n) is 4.52. The Hall–Kier alpha value is -1.02. The summed E-state index contributed by atoms with van der Waals surface area (Å²) in [5.41, 5.74) is 2.36. The Morgan fingerprint density at radius 2 is 2.08 bits per heavy atom. The highest BCUT2D eigenvalue weighted by atomic mass is 127. The van der Waals surface area contributed by atoms with E-state index in [0.717, 1.165) is 31.3 Å². The number of halogens is 1. The smallest absolute Gasteiger partial charge is 0.191 e. The van der Waals surface area contributed by atoms with Crippen LogP contribution in [0.15, 0.2) is 23.2 Å². The monoisotopic (exact) mass is 460 g/mol. The van der Waals surface area contributed by atoms with Gasteiger partial charge in [0.2, 0.25) is 0 Å². The fourth-order valence-corrected chi connectivity index (χ4v) is 3.30. The highest BCUT2D eigenvalue weighted by Crippen LogP contribution is 2.17. The Morgan fingerprint density at radius 1 is 1.28 bits per heavy atom. The molecule has 0 radical (unpaired) electrons. The van der Waals surface area contributed by atoms with Crippen molar-refractivity contribution in [1.82, 2.24) is 15.5 Å². The minimum atomic E-state index is 0. The molecule has 2 N–H and O–H groups in total. The first-order valence-electron chi connectivity index (χ1n) is 9.07. The zero-order valence-corrected chi connectivity index (χ0v) is 18.3. The predicted octanol–water partition coefficient (Wildman–Crippen LogP) is 3.16. The van der Waals surface area contributed by atoms with Gasteiger partial charge in [0.05, 0.1) is 13.7 Å². The molecule has 1 fully saturated rings. The van der Waals surface area contributed by atoms with Crippen molar-refractivity contribution in [2.24, 2.45) is 4.99 Å². The molecule has 1 aromatic rings. The molecule has 0 bridgehead atoms. The second-order valence-electron chi connectivity index (χ2n) is 6.36. The molecule has 0 saturated carbocycles.